The average Bonchev–Trinajstić information content (AvgIpc) is 2.44. The fourth-order valence-electron chi connectivity index (χ4n) is 3.07. The van der Waals surface area contributed by atoms with Crippen LogP contribution in [-0.4, -0.2) is 17.3 Å². The average molecular weight is 274 g/mol. The maximum absolute atomic E-state index is 12.5. The van der Waals surface area contributed by atoms with E-state index in [1.807, 2.05) is 12.3 Å². The summed E-state index contributed by atoms with van der Waals surface area (Å²) in [5.74, 6) is 0.378. The zero-order valence-electron chi connectivity index (χ0n) is 12.7. The van der Waals surface area contributed by atoms with Crippen molar-refractivity contribution in [2.24, 2.45) is 11.1 Å². The lowest BCUT2D eigenvalue weighted by atomic mass is 9.79. The summed E-state index contributed by atoms with van der Waals surface area (Å²) in [5, 5.41) is 0. The molecule has 0 saturated heterocycles. The Morgan fingerprint density at radius 2 is 2.25 bits per heavy atom. The first-order valence-electron chi connectivity index (χ1n) is 7.70. The van der Waals surface area contributed by atoms with Crippen molar-refractivity contribution in [3.63, 3.8) is 0 Å². The molecule has 1 aliphatic rings. The number of rotatable bonds is 6. The van der Waals surface area contributed by atoms with Gasteiger partial charge in [0.2, 0.25) is 0 Å². The van der Waals surface area contributed by atoms with Crippen molar-refractivity contribution in [3.05, 3.63) is 29.6 Å². The Morgan fingerprint density at radius 3 is 3.00 bits per heavy atom. The fourth-order valence-corrected chi connectivity index (χ4v) is 3.07. The van der Waals surface area contributed by atoms with E-state index in [0.29, 0.717) is 18.7 Å². The number of aryl methyl sites for hydroxylation is 1. The molecule has 0 fully saturated rings. The Kier molecular flexibility index (Phi) is 4.92. The second-order valence-corrected chi connectivity index (χ2v) is 6.66. The minimum Gasteiger partial charge on any atom is -0.330 e. The largest absolute Gasteiger partial charge is 0.330 e. The van der Waals surface area contributed by atoms with Gasteiger partial charge in [-0.1, -0.05) is 19.9 Å². The highest BCUT2D eigenvalue weighted by molar-refractivity contribution is 5.85. The normalized spacial score (nSPS) is 18.6. The number of hydrogen-bond acceptors (Lipinski definition) is 3. The number of carbonyl (C=O) groups is 1. The molecule has 0 saturated carbocycles. The lowest BCUT2D eigenvalue weighted by molar-refractivity contribution is -0.121. The summed E-state index contributed by atoms with van der Waals surface area (Å²) in [6.45, 7) is 5.08. The topological polar surface area (TPSA) is 56.0 Å². The summed E-state index contributed by atoms with van der Waals surface area (Å²) < 4.78 is 0. The molecule has 0 amide bonds. The molecule has 1 atom stereocenters. The van der Waals surface area contributed by atoms with Crippen LogP contribution in [0.15, 0.2) is 18.3 Å². The molecule has 0 spiro atoms. The highest BCUT2D eigenvalue weighted by atomic mass is 16.1. The van der Waals surface area contributed by atoms with Gasteiger partial charge in [0.15, 0.2) is 0 Å². The lowest BCUT2D eigenvalue weighted by Crippen LogP contribution is -2.23. The van der Waals surface area contributed by atoms with Crippen molar-refractivity contribution in [2.45, 2.75) is 58.3 Å². The standard InChI is InChI=1S/C17H26N2O/c1-17(2,10-11-18)9-8-15(20)14-7-3-5-13-6-4-12-19-16(13)14/h4,6,12,14H,3,5,7-11,18H2,1-2H3. The van der Waals surface area contributed by atoms with Crippen LogP contribution < -0.4 is 5.73 Å². The van der Waals surface area contributed by atoms with Crippen molar-refractivity contribution in [1.29, 1.82) is 0 Å². The van der Waals surface area contributed by atoms with Gasteiger partial charge < -0.3 is 5.73 Å². The van der Waals surface area contributed by atoms with Gasteiger partial charge in [0.1, 0.15) is 5.78 Å². The molecule has 2 N–H and O–H groups in total. The number of carbonyl (C=O) groups excluding carboxylic acids is 1. The summed E-state index contributed by atoms with van der Waals surface area (Å²) >= 11 is 0. The number of fused-ring (bicyclic) bond motifs is 1. The Bertz CT molecular complexity index is 468. The molecule has 3 heteroatoms. The number of ketones is 1. The summed E-state index contributed by atoms with van der Waals surface area (Å²) in [4.78, 5) is 17.0. The van der Waals surface area contributed by atoms with E-state index in [-0.39, 0.29) is 11.3 Å². The summed E-state index contributed by atoms with van der Waals surface area (Å²) in [6.07, 6.45) is 7.46. The van der Waals surface area contributed by atoms with Gasteiger partial charge in [0.25, 0.3) is 0 Å². The second kappa shape index (κ2) is 6.49. The van der Waals surface area contributed by atoms with Gasteiger partial charge in [-0.3, -0.25) is 9.78 Å². The van der Waals surface area contributed by atoms with Crippen molar-refractivity contribution < 1.29 is 4.79 Å². The lowest BCUT2D eigenvalue weighted by Gasteiger charge is -2.26. The van der Waals surface area contributed by atoms with Gasteiger partial charge in [-0.25, -0.2) is 0 Å². The fraction of sp³-hybridized carbons (Fsp3) is 0.647. The van der Waals surface area contributed by atoms with E-state index in [0.717, 1.165) is 37.8 Å². The van der Waals surface area contributed by atoms with Crippen LogP contribution >= 0.6 is 0 Å². The van der Waals surface area contributed by atoms with Crippen LogP contribution in [0.25, 0.3) is 0 Å². The van der Waals surface area contributed by atoms with E-state index in [4.69, 9.17) is 5.73 Å². The Balaban J connectivity index is 2.01. The third kappa shape index (κ3) is 3.66. The van der Waals surface area contributed by atoms with Crippen molar-refractivity contribution >= 4 is 5.78 Å². The van der Waals surface area contributed by atoms with Crippen LogP contribution in [-0.2, 0) is 11.2 Å². The molecule has 1 aromatic rings. The zero-order valence-corrected chi connectivity index (χ0v) is 12.7. The molecule has 0 radical (unpaired) electrons. The number of hydrogen-bond donors (Lipinski definition) is 1. The molecule has 1 heterocycles. The molecule has 2 rings (SSSR count). The first-order chi connectivity index (χ1) is 9.53. The molecule has 0 aromatic carbocycles. The maximum atomic E-state index is 12.5. The predicted molar refractivity (Wildman–Crippen MR) is 81.6 cm³/mol. The van der Waals surface area contributed by atoms with E-state index in [2.05, 4.69) is 24.9 Å². The third-order valence-electron chi connectivity index (χ3n) is 4.45. The SMILES string of the molecule is CC(C)(CCN)CCC(=O)C1CCCc2cccnc21. The van der Waals surface area contributed by atoms with Crippen LogP contribution in [0.1, 0.15) is 63.1 Å². The van der Waals surface area contributed by atoms with E-state index in [1.165, 1.54) is 5.56 Å². The molecule has 110 valence electrons. The van der Waals surface area contributed by atoms with Gasteiger partial charge in [-0.05, 0) is 55.7 Å². The summed E-state index contributed by atoms with van der Waals surface area (Å²) in [7, 11) is 0. The number of nitrogens with zero attached hydrogens (tertiary/aromatic N) is 1. The highest BCUT2D eigenvalue weighted by Gasteiger charge is 2.28. The summed E-state index contributed by atoms with van der Waals surface area (Å²) in [6, 6.07) is 4.08. The molecule has 1 aromatic heterocycles. The molecule has 1 unspecified atom stereocenters. The van der Waals surface area contributed by atoms with Crippen molar-refractivity contribution in [3.8, 4) is 0 Å². The maximum Gasteiger partial charge on any atom is 0.141 e. The van der Waals surface area contributed by atoms with E-state index in [9.17, 15) is 4.79 Å². The first kappa shape index (κ1) is 15.2. The van der Waals surface area contributed by atoms with Crippen LogP contribution in [0.2, 0.25) is 0 Å². The molecular weight excluding hydrogens is 248 g/mol. The zero-order chi connectivity index (χ0) is 14.6. The quantitative estimate of drug-likeness (QED) is 0.866. The Hall–Kier alpha value is -1.22. The van der Waals surface area contributed by atoms with Crippen LogP contribution in [0.4, 0.5) is 0 Å². The molecular formula is C17H26N2O. The summed E-state index contributed by atoms with van der Waals surface area (Å²) in [5.41, 5.74) is 8.08. The van der Waals surface area contributed by atoms with Crippen LogP contribution in [0.5, 0.6) is 0 Å². The number of nitrogens with two attached hydrogens (primary N) is 1. The smallest absolute Gasteiger partial charge is 0.141 e. The third-order valence-corrected chi connectivity index (χ3v) is 4.45. The first-order valence-corrected chi connectivity index (χ1v) is 7.70. The molecule has 20 heavy (non-hydrogen) atoms. The van der Waals surface area contributed by atoms with Gasteiger partial charge in [0, 0.05) is 12.6 Å². The number of aromatic nitrogens is 1. The van der Waals surface area contributed by atoms with Gasteiger partial charge in [-0.15, -0.1) is 0 Å². The Labute approximate surface area is 122 Å². The molecule has 3 nitrogen and oxygen atoms in total. The highest BCUT2D eigenvalue weighted by Crippen LogP contribution is 2.33. The minimum atomic E-state index is 0.0219. The van der Waals surface area contributed by atoms with Crippen LogP contribution in [0, 0.1) is 5.41 Å². The van der Waals surface area contributed by atoms with Crippen LogP contribution in [0.3, 0.4) is 0 Å². The van der Waals surface area contributed by atoms with Gasteiger partial charge in [0.05, 0.1) is 11.6 Å². The van der Waals surface area contributed by atoms with Crippen molar-refractivity contribution in [1.82, 2.24) is 4.98 Å². The number of Topliss-reactive ketones (excluding diaryl/α,β-unsaturated/α-hetero) is 1. The Morgan fingerprint density at radius 1 is 1.45 bits per heavy atom. The molecule has 0 bridgehead atoms. The van der Waals surface area contributed by atoms with Gasteiger partial charge in [-0.2, -0.15) is 0 Å². The second-order valence-electron chi connectivity index (χ2n) is 6.66. The van der Waals surface area contributed by atoms with Crippen molar-refractivity contribution in [2.75, 3.05) is 6.54 Å². The molecule has 0 aliphatic heterocycles. The minimum absolute atomic E-state index is 0.0219. The predicted octanol–water partition coefficient (Wildman–Crippen LogP) is 3.23. The van der Waals surface area contributed by atoms with E-state index in [1.54, 1.807) is 0 Å². The van der Waals surface area contributed by atoms with Gasteiger partial charge >= 0.3 is 0 Å². The molecule has 1 aliphatic carbocycles. The number of pyridine rings is 1. The van der Waals surface area contributed by atoms with E-state index >= 15 is 0 Å². The van der Waals surface area contributed by atoms with E-state index < -0.39 is 0 Å². The monoisotopic (exact) mass is 274 g/mol.